The highest BCUT2D eigenvalue weighted by Gasteiger charge is 2.34. The number of hydrogen-bond acceptors (Lipinski definition) is 8. The maximum atomic E-state index is 9.69. The molecule has 1 unspecified atom stereocenters. The van der Waals surface area contributed by atoms with Crippen molar-refractivity contribution in [3.63, 3.8) is 0 Å². The van der Waals surface area contributed by atoms with E-state index in [1.165, 1.54) is 0 Å². The Morgan fingerprint density at radius 1 is 1.00 bits per heavy atom. The molecule has 18 heavy (non-hydrogen) atoms. The quantitative estimate of drug-likeness (QED) is 0.258. The van der Waals surface area contributed by atoms with Gasteiger partial charge < -0.3 is 40.5 Å². The monoisotopic (exact) mass is 288 g/mol. The summed E-state index contributed by atoms with van der Waals surface area (Å²) in [5.41, 5.74) is 0. The molecular formula is C8H17O9P. The van der Waals surface area contributed by atoms with E-state index < -0.39 is 31.7 Å². The van der Waals surface area contributed by atoms with Crippen LogP contribution in [-0.4, -0.2) is 74.1 Å². The number of aliphatic hydroxyl groups excluding tert-OH is 5. The molecule has 0 rings (SSSR count). The van der Waals surface area contributed by atoms with Gasteiger partial charge in [-0.1, -0.05) is 0 Å². The Balaban J connectivity index is 0. The molecule has 9 nitrogen and oxygen atoms in total. The first kappa shape index (κ1) is 19.5. The molecule has 0 amide bonds. The molecule has 0 spiro atoms. The predicted octanol–water partition coefficient (Wildman–Crippen LogP) is -3.62. The van der Waals surface area contributed by atoms with Crippen molar-refractivity contribution >= 4 is 19.2 Å². The fraction of sp³-hybridized carbons (Fsp3) is 0.750. The lowest BCUT2D eigenvalue weighted by molar-refractivity contribution is -0.307. The molecule has 10 heteroatoms. The summed E-state index contributed by atoms with van der Waals surface area (Å²) in [5.74, 6) is -3.14. The van der Waals surface area contributed by atoms with Crippen LogP contribution in [0.1, 0.15) is 6.42 Å². The minimum atomic E-state index is -2.20. The highest BCUT2D eigenvalue weighted by Crippen LogP contribution is 2.54. The molecule has 0 aromatic heterocycles. The maximum absolute atomic E-state index is 9.69. The van der Waals surface area contributed by atoms with Crippen molar-refractivity contribution in [1.82, 2.24) is 0 Å². The third-order valence-electron chi connectivity index (χ3n) is 1.85. The van der Waals surface area contributed by atoms with Gasteiger partial charge in [0, 0.05) is 12.4 Å². The zero-order valence-corrected chi connectivity index (χ0v) is 10.4. The molecule has 0 heterocycles. The van der Waals surface area contributed by atoms with Crippen molar-refractivity contribution < 1.29 is 45.3 Å². The molecule has 0 fully saturated rings. The fourth-order valence-corrected chi connectivity index (χ4v) is 1.05. The van der Waals surface area contributed by atoms with E-state index in [2.05, 4.69) is 0 Å². The molecule has 0 aliphatic rings. The van der Waals surface area contributed by atoms with Crippen molar-refractivity contribution in [3.8, 4) is 0 Å². The van der Waals surface area contributed by atoms with Crippen LogP contribution in [0.5, 0.6) is 0 Å². The lowest BCUT2D eigenvalue weighted by atomic mass is 10.3. The average Bonchev–Trinajstić information content (AvgIpc) is 2.32. The molecule has 0 aliphatic carbocycles. The Labute approximate surface area is 103 Å². The minimum Gasteiger partial charge on any atom is -0.550 e. The summed E-state index contributed by atoms with van der Waals surface area (Å²) in [6, 6.07) is 0. The molecule has 108 valence electrons. The molecule has 0 saturated carbocycles. The SMILES string of the molecule is O=C([O-])CC(O)C(=O)O.OC[P+](CO)(CO)CO. The number of rotatable bonds is 7. The van der Waals surface area contributed by atoms with Gasteiger partial charge in [0.05, 0.1) is 0 Å². The van der Waals surface area contributed by atoms with Gasteiger partial charge in [-0.2, -0.15) is 0 Å². The number of carboxylic acid groups (broad SMARTS) is 2. The molecule has 0 saturated heterocycles. The lowest BCUT2D eigenvalue weighted by Gasteiger charge is -2.15. The van der Waals surface area contributed by atoms with E-state index in [0.29, 0.717) is 0 Å². The van der Waals surface area contributed by atoms with Crippen LogP contribution in [0.15, 0.2) is 0 Å². The lowest BCUT2D eigenvalue weighted by Crippen LogP contribution is -2.31. The van der Waals surface area contributed by atoms with Gasteiger partial charge in [0.15, 0.2) is 31.5 Å². The first-order valence-corrected chi connectivity index (χ1v) is 7.20. The molecule has 0 aromatic rings. The number of hydrogen-bond donors (Lipinski definition) is 6. The standard InChI is InChI=1S/C4H6O5.C4H12O4P/c5-2(4(8)9)1-3(6)7;5-1-9(2-6,3-7)4-8/h2,5H,1H2,(H,6,7)(H,8,9);5-8H,1-4H2/q;+1/p-1. The number of aliphatic hydroxyl groups is 5. The number of carbonyl (C=O) groups excluding carboxylic acids is 1. The van der Waals surface area contributed by atoms with Gasteiger partial charge in [0.25, 0.3) is 0 Å². The van der Waals surface area contributed by atoms with Gasteiger partial charge >= 0.3 is 5.97 Å². The minimum absolute atomic E-state index is 0.295. The van der Waals surface area contributed by atoms with Crippen molar-refractivity contribution in [2.45, 2.75) is 12.5 Å². The summed E-state index contributed by atoms with van der Waals surface area (Å²) < 4.78 is 0. The van der Waals surface area contributed by atoms with Crippen LogP contribution in [0.4, 0.5) is 0 Å². The Bertz CT molecular complexity index is 235. The Kier molecular flexibility index (Phi) is 11.0. The van der Waals surface area contributed by atoms with Crippen molar-refractivity contribution in [2.24, 2.45) is 0 Å². The van der Waals surface area contributed by atoms with Gasteiger partial charge in [-0.15, -0.1) is 0 Å². The van der Waals surface area contributed by atoms with Crippen LogP contribution in [0, 0.1) is 0 Å². The second-order valence-corrected chi connectivity index (χ2v) is 7.15. The largest absolute Gasteiger partial charge is 0.550 e. The van der Waals surface area contributed by atoms with Crippen LogP contribution in [0.2, 0.25) is 0 Å². The van der Waals surface area contributed by atoms with E-state index >= 15 is 0 Å². The zero-order valence-electron chi connectivity index (χ0n) is 9.47. The number of carboxylic acids is 2. The summed E-state index contributed by atoms with van der Waals surface area (Å²) in [4.78, 5) is 19.3. The zero-order chi connectivity index (χ0) is 14.8. The van der Waals surface area contributed by atoms with Gasteiger partial charge in [-0.3, -0.25) is 0 Å². The van der Waals surface area contributed by atoms with Gasteiger partial charge in [-0.05, 0) is 0 Å². The molecule has 0 bridgehead atoms. The maximum Gasteiger partial charge on any atom is 0.332 e. The summed E-state index contributed by atoms with van der Waals surface area (Å²) in [5, 5.41) is 59.9. The molecule has 0 radical (unpaired) electrons. The van der Waals surface area contributed by atoms with Crippen LogP contribution >= 0.6 is 7.26 Å². The molecule has 6 N–H and O–H groups in total. The Hall–Kier alpha value is -0.830. The Morgan fingerprint density at radius 2 is 1.33 bits per heavy atom. The van der Waals surface area contributed by atoms with Gasteiger partial charge in [-0.25, -0.2) is 4.79 Å². The van der Waals surface area contributed by atoms with E-state index in [1.54, 1.807) is 0 Å². The molecular weight excluding hydrogens is 271 g/mol. The van der Waals surface area contributed by atoms with Crippen LogP contribution in [0.25, 0.3) is 0 Å². The second kappa shape index (κ2) is 10.1. The van der Waals surface area contributed by atoms with Crippen LogP contribution < -0.4 is 5.11 Å². The summed E-state index contributed by atoms with van der Waals surface area (Å²) >= 11 is 0. The third kappa shape index (κ3) is 8.29. The highest BCUT2D eigenvalue weighted by molar-refractivity contribution is 7.75. The number of aliphatic carboxylic acids is 2. The second-order valence-electron chi connectivity index (χ2n) is 3.34. The Morgan fingerprint density at radius 3 is 1.39 bits per heavy atom. The summed E-state index contributed by atoms with van der Waals surface area (Å²) in [6.45, 7) is 0. The van der Waals surface area contributed by atoms with Crippen molar-refractivity contribution in [3.05, 3.63) is 0 Å². The van der Waals surface area contributed by atoms with E-state index in [9.17, 15) is 14.7 Å². The number of carbonyl (C=O) groups is 2. The smallest absolute Gasteiger partial charge is 0.332 e. The summed E-state index contributed by atoms with van der Waals surface area (Å²) in [7, 11) is -2.20. The summed E-state index contributed by atoms with van der Waals surface area (Å²) in [6.07, 6.45) is -3.90. The van der Waals surface area contributed by atoms with Crippen molar-refractivity contribution in [1.29, 1.82) is 0 Å². The van der Waals surface area contributed by atoms with E-state index in [0.717, 1.165) is 0 Å². The molecule has 0 aromatic carbocycles. The van der Waals surface area contributed by atoms with Crippen LogP contribution in [-0.2, 0) is 9.59 Å². The topological polar surface area (TPSA) is 179 Å². The van der Waals surface area contributed by atoms with Gasteiger partial charge in [0.2, 0.25) is 0 Å². The van der Waals surface area contributed by atoms with E-state index in [4.69, 9.17) is 30.6 Å². The first-order valence-electron chi connectivity index (χ1n) is 4.67. The van der Waals surface area contributed by atoms with E-state index in [-0.39, 0.29) is 25.4 Å². The first-order chi connectivity index (χ1) is 8.28. The van der Waals surface area contributed by atoms with Gasteiger partial charge in [0.1, 0.15) is 7.26 Å². The van der Waals surface area contributed by atoms with E-state index in [1.807, 2.05) is 0 Å². The predicted molar refractivity (Wildman–Crippen MR) is 58.5 cm³/mol. The molecule has 1 atom stereocenters. The average molecular weight is 288 g/mol. The highest BCUT2D eigenvalue weighted by atomic mass is 31.2. The van der Waals surface area contributed by atoms with Crippen LogP contribution in [0.3, 0.4) is 0 Å². The molecule has 0 aliphatic heterocycles. The fourth-order valence-electron chi connectivity index (χ4n) is 0.514. The van der Waals surface area contributed by atoms with Crippen molar-refractivity contribution in [2.75, 3.05) is 25.4 Å². The third-order valence-corrected chi connectivity index (χ3v) is 4.25. The normalized spacial score (nSPS) is 12.3.